The van der Waals surface area contributed by atoms with Gasteiger partial charge >= 0.3 is 6.03 Å². The lowest BCUT2D eigenvalue weighted by Gasteiger charge is -2.08. The average Bonchev–Trinajstić information content (AvgIpc) is 2.48. The van der Waals surface area contributed by atoms with E-state index in [9.17, 15) is 4.79 Å². The van der Waals surface area contributed by atoms with Crippen molar-refractivity contribution in [2.24, 2.45) is 0 Å². The second kappa shape index (κ2) is 7.65. The van der Waals surface area contributed by atoms with Gasteiger partial charge in [-0.15, -0.1) is 0 Å². The predicted molar refractivity (Wildman–Crippen MR) is 82.3 cm³/mol. The Morgan fingerprint density at radius 3 is 2.65 bits per heavy atom. The fourth-order valence-electron chi connectivity index (χ4n) is 1.75. The van der Waals surface area contributed by atoms with E-state index in [1.54, 1.807) is 6.20 Å². The Morgan fingerprint density at radius 1 is 1.10 bits per heavy atom. The van der Waals surface area contributed by atoms with Crippen LogP contribution in [0, 0.1) is 0 Å². The molecule has 1 heterocycles. The van der Waals surface area contributed by atoms with E-state index in [0.29, 0.717) is 13.1 Å². The number of carbonyl (C=O) groups is 1. The second-order valence-electron chi connectivity index (χ2n) is 4.27. The Morgan fingerprint density at radius 2 is 1.90 bits per heavy atom. The van der Waals surface area contributed by atoms with E-state index >= 15 is 0 Å². The lowest BCUT2D eigenvalue weighted by molar-refractivity contribution is 0.240. The van der Waals surface area contributed by atoms with Crippen molar-refractivity contribution in [3.05, 3.63) is 64.4 Å². The first-order valence-electron chi connectivity index (χ1n) is 6.41. The minimum atomic E-state index is -0.178. The van der Waals surface area contributed by atoms with Gasteiger partial charge in [0, 0.05) is 17.2 Å². The summed E-state index contributed by atoms with van der Waals surface area (Å²) < 4.78 is 1.07. The van der Waals surface area contributed by atoms with Crippen LogP contribution in [0.2, 0.25) is 0 Å². The van der Waals surface area contributed by atoms with Gasteiger partial charge in [0.15, 0.2) is 0 Å². The van der Waals surface area contributed by atoms with Crippen LogP contribution < -0.4 is 10.6 Å². The SMILES string of the molecule is O=C(NCCc1ccccc1Br)NCc1ccccn1. The fraction of sp³-hybridized carbons (Fsp3) is 0.200. The number of nitrogens with one attached hydrogen (secondary N) is 2. The Hall–Kier alpha value is -1.88. The highest BCUT2D eigenvalue weighted by Gasteiger charge is 2.02. The molecule has 0 saturated carbocycles. The van der Waals surface area contributed by atoms with Crippen LogP contribution in [0.1, 0.15) is 11.3 Å². The summed E-state index contributed by atoms with van der Waals surface area (Å²) in [7, 11) is 0. The molecule has 0 aliphatic rings. The van der Waals surface area contributed by atoms with Crippen LogP contribution in [0.3, 0.4) is 0 Å². The standard InChI is InChI=1S/C15H16BrN3O/c16-14-7-2-1-5-12(14)8-10-18-15(20)19-11-13-6-3-4-9-17-13/h1-7,9H,8,10-11H2,(H2,18,19,20). The molecule has 0 spiro atoms. The first kappa shape index (κ1) is 14.5. The smallest absolute Gasteiger partial charge is 0.315 e. The Bertz CT molecular complexity index is 560. The number of rotatable bonds is 5. The molecule has 0 bridgehead atoms. The maximum Gasteiger partial charge on any atom is 0.315 e. The van der Waals surface area contributed by atoms with Gasteiger partial charge in [-0.1, -0.05) is 40.2 Å². The topological polar surface area (TPSA) is 54.0 Å². The summed E-state index contributed by atoms with van der Waals surface area (Å²) in [6.07, 6.45) is 2.50. The highest BCUT2D eigenvalue weighted by Crippen LogP contribution is 2.15. The van der Waals surface area contributed by atoms with Crippen LogP contribution in [-0.2, 0) is 13.0 Å². The molecule has 2 aromatic rings. The molecule has 0 radical (unpaired) electrons. The van der Waals surface area contributed by atoms with E-state index in [1.165, 1.54) is 5.56 Å². The van der Waals surface area contributed by atoms with Gasteiger partial charge in [0.1, 0.15) is 0 Å². The molecule has 2 amide bonds. The molecule has 0 fully saturated rings. The van der Waals surface area contributed by atoms with Crippen molar-refractivity contribution in [3.63, 3.8) is 0 Å². The largest absolute Gasteiger partial charge is 0.338 e. The van der Waals surface area contributed by atoms with E-state index in [-0.39, 0.29) is 6.03 Å². The van der Waals surface area contributed by atoms with Gasteiger partial charge in [0.25, 0.3) is 0 Å². The highest BCUT2D eigenvalue weighted by atomic mass is 79.9. The van der Waals surface area contributed by atoms with Crippen molar-refractivity contribution in [1.82, 2.24) is 15.6 Å². The van der Waals surface area contributed by atoms with Gasteiger partial charge < -0.3 is 10.6 Å². The summed E-state index contributed by atoms with van der Waals surface area (Å²) in [5.41, 5.74) is 2.02. The first-order valence-corrected chi connectivity index (χ1v) is 7.20. The third kappa shape index (κ3) is 4.66. The van der Waals surface area contributed by atoms with Crippen molar-refractivity contribution >= 4 is 22.0 Å². The van der Waals surface area contributed by atoms with Crippen molar-refractivity contribution in [2.45, 2.75) is 13.0 Å². The van der Waals surface area contributed by atoms with Crippen molar-refractivity contribution in [1.29, 1.82) is 0 Å². The van der Waals surface area contributed by atoms with E-state index in [0.717, 1.165) is 16.6 Å². The van der Waals surface area contributed by atoms with Crippen LogP contribution in [0.15, 0.2) is 53.1 Å². The van der Waals surface area contributed by atoms with E-state index in [4.69, 9.17) is 0 Å². The molecule has 1 aromatic heterocycles. The van der Waals surface area contributed by atoms with E-state index < -0.39 is 0 Å². The third-order valence-electron chi connectivity index (χ3n) is 2.79. The van der Waals surface area contributed by atoms with Gasteiger partial charge in [-0.2, -0.15) is 0 Å². The maximum atomic E-state index is 11.6. The van der Waals surface area contributed by atoms with Crippen LogP contribution in [0.4, 0.5) is 4.79 Å². The summed E-state index contributed by atoms with van der Waals surface area (Å²) in [6.45, 7) is 1.03. The molecule has 20 heavy (non-hydrogen) atoms. The number of halogens is 1. The van der Waals surface area contributed by atoms with Gasteiger partial charge in [-0.3, -0.25) is 4.98 Å². The number of hydrogen-bond donors (Lipinski definition) is 2. The zero-order chi connectivity index (χ0) is 14.2. The number of urea groups is 1. The summed E-state index contributed by atoms with van der Waals surface area (Å²) >= 11 is 3.49. The molecule has 1 aromatic carbocycles. The number of amides is 2. The molecular weight excluding hydrogens is 318 g/mol. The Labute approximate surface area is 126 Å². The number of aromatic nitrogens is 1. The molecule has 2 N–H and O–H groups in total. The quantitative estimate of drug-likeness (QED) is 0.883. The predicted octanol–water partition coefficient (Wildman–Crippen LogP) is 2.89. The maximum absolute atomic E-state index is 11.6. The number of pyridine rings is 1. The van der Waals surface area contributed by atoms with Crippen LogP contribution >= 0.6 is 15.9 Å². The third-order valence-corrected chi connectivity index (χ3v) is 3.57. The van der Waals surface area contributed by atoms with Crippen molar-refractivity contribution in [3.8, 4) is 0 Å². The highest BCUT2D eigenvalue weighted by molar-refractivity contribution is 9.10. The lowest BCUT2D eigenvalue weighted by Crippen LogP contribution is -2.36. The number of nitrogens with zero attached hydrogens (tertiary/aromatic N) is 1. The molecule has 104 valence electrons. The second-order valence-corrected chi connectivity index (χ2v) is 5.13. The Balaban J connectivity index is 1.69. The zero-order valence-electron chi connectivity index (χ0n) is 11.0. The first-order chi connectivity index (χ1) is 9.75. The van der Waals surface area contributed by atoms with Gasteiger partial charge in [-0.25, -0.2) is 4.79 Å². The molecule has 5 heteroatoms. The van der Waals surface area contributed by atoms with Gasteiger partial charge in [-0.05, 0) is 30.2 Å². The van der Waals surface area contributed by atoms with E-state index in [1.807, 2.05) is 42.5 Å². The summed E-state index contributed by atoms with van der Waals surface area (Å²) in [5.74, 6) is 0. The summed E-state index contributed by atoms with van der Waals surface area (Å²) in [5, 5.41) is 5.61. The van der Waals surface area contributed by atoms with Crippen LogP contribution in [0.5, 0.6) is 0 Å². The molecule has 0 atom stereocenters. The molecule has 0 unspecified atom stereocenters. The fourth-order valence-corrected chi connectivity index (χ4v) is 2.23. The molecule has 0 aliphatic heterocycles. The molecule has 4 nitrogen and oxygen atoms in total. The number of hydrogen-bond acceptors (Lipinski definition) is 2. The normalized spacial score (nSPS) is 10.1. The molecule has 2 rings (SSSR count). The minimum Gasteiger partial charge on any atom is -0.338 e. The number of carbonyl (C=O) groups excluding carboxylic acids is 1. The zero-order valence-corrected chi connectivity index (χ0v) is 12.6. The van der Waals surface area contributed by atoms with Gasteiger partial charge in [0.2, 0.25) is 0 Å². The summed E-state index contributed by atoms with van der Waals surface area (Å²) in [6, 6.07) is 13.4. The van der Waals surface area contributed by atoms with Crippen LogP contribution in [-0.4, -0.2) is 17.6 Å². The molecular formula is C15H16BrN3O. The van der Waals surface area contributed by atoms with Crippen LogP contribution in [0.25, 0.3) is 0 Å². The van der Waals surface area contributed by atoms with Gasteiger partial charge in [0.05, 0.1) is 12.2 Å². The monoisotopic (exact) mass is 333 g/mol. The average molecular weight is 334 g/mol. The number of benzene rings is 1. The minimum absolute atomic E-state index is 0.178. The van der Waals surface area contributed by atoms with Crippen molar-refractivity contribution < 1.29 is 4.79 Å². The molecule has 0 aliphatic carbocycles. The lowest BCUT2D eigenvalue weighted by atomic mass is 10.1. The summed E-state index contributed by atoms with van der Waals surface area (Å²) in [4.78, 5) is 15.8. The molecule has 0 saturated heterocycles. The Kier molecular flexibility index (Phi) is 5.55. The van der Waals surface area contributed by atoms with Crippen molar-refractivity contribution in [2.75, 3.05) is 6.54 Å². The van der Waals surface area contributed by atoms with E-state index in [2.05, 4.69) is 31.5 Å².